The molecule has 0 aliphatic heterocycles. The zero-order chi connectivity index (χ0) is 21.7. The summed E-state index contributed by atoms with van der Waals surface area (Å²) < 4.78 is 0. The van der Waals surface area contributed by atoms with Crippen molar-refractivity contribution in [3.63, 3.8) is 0 Å². The Kier molecular flexibility index (Phi) is 8.03. The van der Waals surface area contributed by atoms with Crippen molar-refractivity contribution in [1.29, 1.82) is 0 Å². The first-order valence-electron chi connectivity index (χ1n) is 12.0. The number of hydrogen-bond donors (Lipinski definition) is 0. The second-order valence-corrected chi connectivity index (χ2v) is 9.66. The zero-order valence-corrected chi connectivity index (χ0v) is 19.3. The van der Waals surface area contributed by atoms with E-state index in [1.165, 1.54) is 27.9 Å². The Balaban J connectivity index is 1.79. The van der Waals surface area contributed by atoms with E-state index in [1.54, 1.807) is 5.57 Å². The molecule has 3 aliphatic rings. The van der Waals surface area contributed by atoms with Crippen LogP contribution >= 0.6 is 0 Å². The van der Waals surface area contributed by atoms with Gasteiger partial charge < -0.3 is 0 Å². The molecule has 3 aliphatic carbocycles. The second kappa shape index (κ2) is 10.5. The first-order chi connectivity index (χ1) is 14.4. The van der Waals surface area contributed by atoms with Gasteiger partial charge in [-0.25, -0.2) is 0 Å². The molecule has 0 spiro atoms. The van der Waals surface area contributed by atoms with Crippen LogP contribution in [0.4, 0.5) is 0 Å². The van der Waals surface area contributed by atoms with Gasteiger partial charge in [0.1, 0.15) is 0 Å². The second-order valence-electron chi connectivity index (χ2n) is 9.66. The molecule has 0 aromatic heterocycles. The van der Waals surface area contributed by atoms with Crippen LogP contribution in [0.2, 0.25) is 5.82 Å². The summed E-state index contributed by atoms with van der Waals surface area (Å²) in [6.45, 7) is 17.9. The van der Waals surface area contributed by atoms with Gasteiger partial charge in [0.25, 0.3) is 0 Å². The van der Waals surface area contributed by atoms with E-state index in [0.29, 0.717) is 17.8 Å². The van der Waals surface area contributed by atoms with Crippen molar-refractivity contribution in [3.8, 4) is 0 Å². The highest BCUT2D eigenvalue weighted by Gasteiger charge is 2.36. The van der Waals surface area contributed by atoms with Gasteiger partial charge in [0.05, 0.1) is 7.85 Å². The van der Waals surface area contributed by atoms with Crippen LogP contribution < -0.4 is 0 Å². The number of hydrogen-bond acceptors (Lipinski definition) is 0. The first kappa shape index (κ1) is 22.9. The summed E-state index contributed by atoms with van der Waals surface area (Å²) in [7, 11) is 5.93. The van der Waals surface area contributed by atoms with Crippen molar-refractivity contribution in [1.82, 2.24) is 0 Å². The van der Waals surface area contributed by atoms with Crippen molar-refractivity contribution < 1.29 is 0 Å². The van der Waals surface area contributed by atoms with Gasteiger partial charge in [-0.15, -0.1) is 0 Å². The lowest BCUT2D eigenvalue weighted by molar-refractivity contribution is 0.273. The highest BCUT2D eigenvalue weighted by atomic mass is 14.4. The van der Waals surface area contributed by atoms with Gasteiger partial charge in [-0.1, -0.05) is 93.8 Å². The Morgan fingerprint density at radius 1 is 1.17 bits per heavy atom. The molecule has 0 bridgehead atoms. The van der Waals surface area contributed by atoms with E-state index in [9.17, 15) is 0 Å². The van der Waals surface area contributed by atoms with Crippen molar-refractivity contribution >= 4 is 7.85 Å². The van der Waals surface area contributed by atoms with Crippen molar-refractivity contribution in [3.05, 3.63) is 83.6 Å². The van der Waals surface area contributed by atoms with Gasteiger partial charge in [0, 0.05) is 0 Å². The maximum absolute atomic E-state index is 5.93. The number of fused-ring (bicyclic) bond motifs is 1. The van der Waals surface area contributed by atoms with Crippen LogP contribution in [0.25, 0.3) is 0 Å². The quantitative estimate of drug-likeness (QED) is 0.270. The largest absolute Gasteiger partial charge is 0.0998 e. The standard InChI is InChI=1S/C29H39B/c1-6-24-14-16-25(17-15-24)22(4)29-19-26(18-20(2)10-9-11-21(3)30)28-13-8-7-12-27(28)23(29)5/h7-8,14,16,19,21,26-28H,2,4-6,9-13,15,17-18H2,1,3H3. The summed E-state index contributed by atoms with van der Waals surface area (Å²) >= 11 is 0. The van der Waals surface area contributed by atoms with E-state index in [-0.39, 0.29) is 5.82 Å². The average Bonchev–Trinajstić information content (AvgIpc) is 2.75. The van der Waals surface area contributed by atoms with Gasteiger partial charge in [-0.3, -0.25) is 0 Å². The van der Waals surface area contributed by atoms with Gasteiger partial charge in [-0.05, 0) is 85.0 Å². The molecule has 0 fully saturated rings. The molecule has 158 valence electrons. The fourth-order valence-electron chi connectivity index (χ4n) is 5.37. The molecular weight excluding hydrogens is 359 g/mol. The lowest BCUT2D eigenvalue weighted by Crippen LogP contribution is -2.31. The number of allylic oxidation sites excluding steroid dienone is 11. The minimum Gasteiger partial charge on any atom is -0.0998 e. The van der Waals surface area contributed by atoms with E-state index in [1.807, 2.05) is 0 Å². The van der Waals surface area contributed by atoms with Crippen LogP contribution in [-0.2, 0) is 0 Å². The zero-order valence-electron chi connectivity index (χ0n) is 19.3. The monoisotopic (exact) mass is 398 g/mol. The molecular formula is C29H39B. The smallest absolute Gasteiger partial charge is 0.0695 e. The van der Waals surface area contributed by atoms with Crippen molar-refractivity contribution in [2.24, 2.45) is 17.8 Å². The molecule has 2 radical (unpaired) electrons. The molecule has 0 saturated carbocycles. The van der Waals surface area contributed by atoms with Gasteiger partial charge >= 0.3 is 0 Å². The lowest BCUT2D eigenvalue weighted by Gasteiger charge is -2.41. The Bertz CT molecular complexity index is 798. The minimum atomic E-state index is 0.282. The van der Waals surface area contributed by atoms with Gasteiger partial charge in [0.15, 0.2) is 0 Å². The van der Waals surface area contributed by atoms with E-state index in [2.05, 4.69) is 64.0 Å². The Morgan fingerprint density at radius 3 is 2.60 bits per heavy atom. The summed E-state index contributed by atoms with van der Waals surface area (Å²) in [4.78, 5) is 0. The highest BCUT2D eigenvalue weighted by molar-refractivity contribution is 6.11. The van der Waals surface area contributed by atoms with E-state index >= 15 is 0 Å². The normalized spacial score (nSPS) is 26.9. The minimum absolute atomic E-state index is 0.282. The first-order valence-corrected chi connectivity index (χ1v) is 12.0. The van der Waals surface area contributed by atoms with Gasteiger partial charge in [0.2, 0.25) is 0 Å². The SMILES string of the molecule is [B]C(C)CCCC(=C)CC1C=C(C(=C)C2=CC=C(CC)CC2)C(=C)C2CC=CCC12. The van der Waals surface area contributed by atoms with Gasteiger partial charge in [-0.2, -0.15) is 0 Å². The summed E-state index contributed by atoms with van der Waals surface area (Å²) in [6.07, 6.45) is 21.9. The maximum atomic E-state index is 5.93. The molecule has 4 atom stereocenters. The molecule has 0 nitrogen and oxygen atoms in total. The number of rotatable bonds is 9. The third-order valence-electron chi connectivity index (χ3n) is 7.32. The molecule has 0 saturated heterocycles. The van der Waals surface area contributed by atoms with Crippen molar-refractivity contribution in [2.75, 3.05) is 0 Å². The predicted molar refractivity (Wildman–Crippen MR) is 134 cm³/mol. The van der Waals surface area contributed by atoms with Crippen LogP contribution in [0.3, 0.4) is 0 Å². The third kappa shape index (κ3) is 5.48. The van der Waals surface area contributed by atoms with E-state index in [4.69, 9.17) is 7.85 Å². The van der Waals surface area contributed by atoms with Crippen LogP contribution in [0.5, 0.6) is 0 Å². The van der Waals surface area contributed by atoms with E-state index < -0.39 is 0 Å². The molecule has 0 heterocycles. The fourth-order valence-corrected chi connectivity index (χ4v) is 5.37. The topological polar surface area (TPSA) is 0 Å². The third-order valence-corrected chi connectivity index (χ3v) is 7.32. The molecule has 4 unspecified atom stereocenters. The Labute approximate surface area is 186 Å². The molecule has 0 amide bonds. The summed E-state index contributed by atoms with van der Waals surface area (Å²) in [5.41, 5.74) is 8.13. The lowest BCUT2D eigenvalue weighted by atomic mass is 9.63. The fraction of sp³-hybridized carbons (Fsp3) is 0.517. The van der Waals surface area contributed by atoms with Crippen LogP contribution in [-0.4, -0.2) is 7.85 Å². The summed E-state index contributed by atoms with van der Waals surface area (Å²) in [5, 5.41) is 0. The van der Waals surface area contributed by atoms with E-state index in [0.717, 1.165) is 57.8 Å². The Hall–Kier alpha value is -1.76. The van der Waals surface area contributed by atoms with Crippen molar-refractivity contribution in [2.45, 2.75) is 77.5 Å². The van der Waals surface area contributed by atoms with Crippen LogP contribution in [0.15, 0.2) is 83.6 Å². The Morgan fingerprint density at radius 2 is 1.93 bits per heavy atom. The molecule has 0 aromatic rings. The molecule has 0 aromatic carbocycles. The maximum Gasteiger partial charge on any atom is 0.0695 e. The summed E-state index contributed by atoms with van der Waals surface area (Å²) in [5.74, 6) is 2.01. The molecule has 30 heavy (non-hydrogen) atoms. The van der Waals surface area contributed by atoms with Crippen LogP contribution in [0.1, 0.15) is 71.6 Å². The molecule has 1 heteroatoms. The van der Waals surface area contributed by atoms with Crippen LogP contribution in [0, 0.1) is 17.8 Å². The average molecular weight is 398 g/mol. The molecule has 3 rings (SSSR count). The predicted octanol–water partition coefficient (Wildman–Crippen LogP) is 8.39. The molecule has 0 N–H and O–H groups in total. The highest BCUT2D eigenvalue weighted by Crippen LogP contribution is 2.48. The summed E-state index contributed by atoms with van der Waals surface area (Å²) in [6, 6.07) is 0.